The molecule has 1 aliphatic heterocycles. The molecule has 0 bridgehead atoms. The fourth-order valence-electron chi connectivity index (χ4n) is 6.15. The van der Waals surface area contributed by atoms with E-state index in [0.29, 0.717) is 38.4 Å². The lowest BCUT2D eigenvalue weighted by molar-refractivity contribution is -0.129. The summed E-state index contributed by atoms with van der Waals surface area (Å²) < 4.78 is 10.8. The molecular formula is C29H44N2O6. The SMILES string of the molecule is CC(C)C(CC(O)C(CC1CCCCC1)NC(=O)OC1CCOC1)C(=O)N[C@H]1c2ccccc2C[C@@H]1O. The van der Waals surface area contributed by atoms with E-state index in [1.54, 1.807) is 0 Å². The van der Waals surface area contributed by atoms with E-state index in [0.717, 1.165) is 24.0 Å². The lowest BCUT2D eigenvalue weighted by Gasteiger charge is -2.33. The molecule has 0 spiro atoms. The maximum atomic E-state index is 13.4. The zero-order valence-electron chi connectivity index (χ0n) is 22.2. The predicted octanol–water partition coefficient (Wildman–Crippen LogP) is 3.64. The van der Waals surface area contributed by atoms with E-state index in [-0.39, 0.29) is 24.3 Å². The highest BCUT2D eigenvalue weighted by molar-refractivity contribution is 5.79. The number of aliphatic hydroxyl groups excluding tert-OH is 2. The third-order valence-corrected chi connectivity index (χ3v) is 8.38. The zero-order chi connectivity index (χ0) is 26.4. The number of rotatable bonds is 10. The van der Waals surface area contributed by atoms with Gasteiger partial charge in [-0.05, 0) is 35.8 Å². The van der Waals surface area contributed by atoms with Gasteiger partial charge in [0.15, 0.2) is 0 Å². The number of amides is 2. The fourth-order valence-corrected chi connectivity index (χ4v) is 6.15. The molecule has 2 fully saturated rings. The van der Waals surface area contributed by atoms with Gasteiger partial charge in [-0.25, -0.2) is 4.79 Å². The van der Waals surface area contributed by atoms with Crippen LogP contribution in [-0.4, -0.2) is 59.8 Å². The Kier molecular flexibility index (Phi) is 9.84. The van der Waals surface area contributed by atoms with Crippen LogP contribution in [0.1, 0.15) is 82.4 Å². The van der Waals surface area contributed by atoms with E-state index in [4.69, 9.17) is 9.47 Å². The first-order valence-electron chi connectivity index (χ1n) is 14.1. The number of aliphatic hydroxyl groups is 2. The molecule has 3 aliphatic rings. The highest BCUT2D eigenvalue weighted by Crippen LogP contribution is 2.33. The summed E-state index contributed by atoms with van der Waals surface area (Å²) in [5.74, 6) is -0.247. The molecule has 4 N–H and O–H groups in total. The maximum Gasteiger partial charge on any atom is 0.407 e. The summed E-state index contributed by atoms with van der Waals surface area (Å²) in [7, 11) is 0. The van der Waals surface area contributed by atoms with Crippen molar-refractivity contribution in [2.75, 3.05) is 13.2 Å². The second-order valence-corrected chi connectivity index (χ2v) is 11.5. The predicted molar refractivity (Wildman–Crippen MR) is 140 cm³/mol. The van der Waals surface area contributed by atoms with Crippen LogP contribution in [0.3, 0.4) is 0 Å². The summed E-state index contributed by atoms with van der Waals surface area (Å²) in [6, 6.07) is 6.82. The minimum atomic E-state index is -0.895. The Balaban J connectivity index is 1.41. The molecule has 1 aromatic rings. The first-order valence-corrected chi connectivity index (χ1v) is 14.1. The molecule has 37 heavy (non-hydrogen) atoms. The summed E-state index contributed by atoms with van der Waals surface area (Å²) in [5, 5.41) is 28.0. The Labute approximate surface area is 220 Å². The van der Waals surface area contributed by atoms with Crippen molar-refractivity contribution in [2.24, 2.45) is 17.8 Å². The minimum Gasteiger partial charge on any atom is -0.444 e. The topological polar surface area (TPSA) is 117 Å². The monoisotopic (exact) mass is 516 g/mol. The van der Waals surface area contributed by atoms with Crippen LogP contribution in [0.4, 0.5) is 4.79 Å². The first kappa shape index (κ1) is 27.9. The van der Waals surface area contributed by atoms with Crippen LogP contribution in [0.2, 0.25) is 0 Å². The van der Waals surface area contributed by atoms with E-state index in [1.165, 1.54) is 19.3 Å². The van der Waals surface area contributed by atoms with Crippen molar-refractivity contribution >= 4 is 12.0 Å². The molecule has 4 rings (SSSR count). The van der Waals surface area contributed by atoms with Crippen LogP contribution < -0.4 is 10.6 Å². The van der Waals surface area contributed by atoms with Crippen LogP contribution in [-0.2, 0) is 20.7 Å². The lowest BCUT2D eigenvalue weighted by Crippen LogP contribution is -2.48. The van der Waals surface area contributed by atoms with Gasteiger partial charge in [0.05, 0.1) is 37.5 Å². The lowest BCUT2D eigenvalue weighted by atomic mass is 9.81. The van der Waals surface area contributed by atoms with Crippen molar-refractivity contribution in [3.05, 3.63) is 35.4 Å². The summed E-state index contributed by atoms with van der Waals surface area (Å²) >= 11 is 0. The number of fused-ring (bicyclic) bond motifs is 1. The molecule has 8 nitrogen and oxygen atoms in total. The number of hydrogen-bond acceptors (Lipinski definition) is 6. The smallest absolute Gasteiger partial charge is 0.407 e. The Hall–Kier alpha value is -2.16. The number of hydrogen-bond donors (Lipinski definition) is 4. The molecule has 1 saturated carbocycles. The molecule has 1 saturated heterocycles. The van der Waals surface area contributed by atoms with E-state index in [1.807, 2.05) is 38.1 Å². The highest BCUT2D eigenvalue weighted by Gasteiger charge is 2.36. The van der Waals surface area contributed by atoms with Gasteiger partial charge in [-0.3, -0.25) is 4.79 Å². The summed E-state index contributed by atoms with van der Waals surface area (Å²) in [4.78, 5) is 26.1. The largest absolute Gasteiger partial charge is 0.444 e. The highest BCUT2D eigenvalue weighted by atomic mass is 16.6. The van der Waals surface area contributed by atoms with Gasteiger partial charge >= 0.3 is 6.09 Å². The van der Waals surface area contributed by atoms with Gasteiger partial charge in [0.25, 0.3) is 0 Å². The maximum absolute atomic E-state index is 13.4. The second kappa shape index (κ2) is 13.1. The fraction of sp³-hybridized carbons (Fsp3) is 0.724. The molecule has 2 aliphatic carbocycles. The molecule has 8 heteroatoms. The van der Waals surface area contributed by atoms with E-state index in [2.05, 4.69) is 10.6 Å². The first-order chi connectivity index (χ1) is 17.8. The molecular weight excluding hydrogens is 472 g/mol. The van der Waals surface area contributed by atoms with Crippen molar-refractivity contribution in [3.63, 3.8) is 0 Å². The summed E-state index contributed by atoms with van der Waals surface area (Å²) in [6.07, 6.45) is 5.44. The average Bonchev–Trinajstić information content (AvgIpc) is 3.49. The van der Waals surface area contributed by atoms with Crippen LogP contribution in [0, 0.1) is 17.8 Å². The Bertz CT molecular complexity index is 896. The van der Waals surface area contributed by atoms with Crippen molar-refractivity contribution in [3.8, 4) is 0 Å². The van der Waals surface area contributed by atoms with Gasteiger partial charge in [0, 0.05) is 18.8 Å². The van der Waals surface area contributed by atoms with E-state index < -0.39 is 36.3 Å². The molecule has 1 aromatic carbocycles. The van der Waals surface area contributed by atoms with E-state index in [9.17, 15) is 19.8 Å². The standard InChI is InChI=1S/C29H44N2O6/c1-18(2)23(28(34)31-27-22-11-7-6-10-20(22)15-26(27)33)16-25(32)24(14-19-8-4-3-5-9-19)30-29(35)37-21-12-13-36-17-21/h6-7,10-11,18-19,21,23-27,32-33H,3-5,8-9,12-17H2,1-2H3,(H,30,35)(H,31,34)/t21?,23?,24?,25?,26-,27-/m0/s1. The van der Waals surface area contributed by atoms with Gasteiger partial charge in [0.2, 0.25) is 5.91 Å². The number of nitrogens with one attached hydrogen (secondary N) is 2. The Morgan fingerprint density at radius 1 is 1.14 bits per heavy atom. The molecule has 206 valence electrons. The molecule has 0 radical (unpaired) electrons. The average molecular weight is 517 g/mol. The number of alkyl carbamates (subject to hydrolysis) is 1. The van der Waals surface area contributed by atoms with Gasteiger partial charge in [-0.15, -0.1) is 0 Å². The summed E-state index contributed by atoms with van der Waals surface area (Å²) in [6.45, 7) is 4.91. The van der Waals surface area contributed by atoms with Gasteiger partial charge in [0.1, 0.15) is 6.10 Å². The number of ether oxygens (including phenoxy) is 2. The number of benzene rings is 1. The number of carbonyl (C=O) groups is 2. The van der Waals surface area contributed by atoms with Crippen molar-refractivity contribution < 1.29 is 29.3 Å². The van der Waals surface area contributed by atoms with Crippen molar-refractivity contribution in [1.82, 2.24) is 10.6 Å². The molecule has 4 unspecified atom stereocenters. The quantitative estimate of drug-likeness (QED) is 0.377. The molecule has 1 heterocycles. The Morgan fingerprint density at radius 3 is 2.59 bits per heavy atom. The third-order valence-electron chi connectivity index (χ3n) is 8.38. The van der Waals surface area contributed by atoms with Crippen LogP contribution >= 0.6 is 0 Å². The second-order valence-electron chi connectivity index (χ2n) is 11.5. The summed E-state index contributed by atoms with van der Waals surface area (Å²) in [5.41, 5.74) is 1.99. The normalized spacial score (nSPS) is 26.4. The molecule has 6 atom stereocenters. The van der Waals surface area contributed by atoms with E-state index >= 15 is 0 Å². The van der Waals surface area contributed by atoms with Crippen LogP contribution in [0.15, 0.2) is 24.3 Å². The van der Waals surface area contributed by atoms with Gasteiger partial charge < -0.3 is 30.3 Å². The minimum absolute atomic E-state index is 0.0265. The molecule has 0 aromatic heterocycles. The zero-order valence-corrected chi connectivity index (χ0v) is 22.2. The van der Waals surface area contributed by atoms with Crippen molar-refractivity contribution in [2.45, 2.75) is 102 Å². The third kappa shape index (κ3) is 7.45. The molecule has 2 amide bonds. The van der Waals surface area contributed by atoms with Crippen LogP contribution in [0.25, 0.3) is 0 Å². The van der Waals surface area contributed by atoms with Gasteiger partial charge in [-0.2, -0.15) is 0 Å². The van der Waals surface area contributed by atoms with Gasteiger partial charge in [-0.1, -0.05) is 70.2 Å². The van der Waals surface area contributed by atoms with Crippen molar-refractivity contribution in [1.29, 1.82) is 0 Å². The number of carbonyl (C=O) groups excluding carboxylic acids is 2. The van der Waals surface area contributed by atoms with Crippen LogP contribution in [0.5, 0.6) is 0 Å². The Morgan fingerprint density at radius 2 is 1.89 bits per heavy atom.